The summed E-state index contributed by atoms with van der Waals surface area (Å²) >= 11 is 3.37. The van der Waals surface area contributed by atoms with E-state index < -0.39 is 0 Å². The molecule has 2 aromatic carbocycles. The number of hydrogen-bond acceptors (Lipinski definition) is 4. The van der Waals surface area contributed by atoms with Gasteiger partial charge in [-0.05, 0) is 35.9 Å². The molecule has 2 aromatic rings. The quantitative estimate of drug-likeness (QED) is 0.634. The number of ether oxygens (including phenoxy) is 1. The molecule has 0 fully saturated rings. The smallest absolute Gasteiger partial charge is 0.244 e. The van der Waals surface area contributed by atoms with Crippen molar-refractivity contribution in [2.24, 2.45) is 5.10 Å². The van der Waals surface area contributed by atoms with E-state index in [0.29, 0.717) is 5.75 Å². The predicted molar refractivity (Wildman–Crippen MR) is 88.2 cm³/mol. The van der Waals surface area contributed by atoms with E-state index in [0.717, 1.165) is 15.6 Å². The first-order valence-corrected chi connectivity index (χ1v) is 7.31. The van der Waals surface area contributed by atoms with Gasteiger partial charge >= 0.3 is 0 Å². The molecule has 0 aliphatic heterocycles. The Balaban J connectivity index is 1.96. The van der Waals surface area contributed by atoms with Crippen LogP contribution in [0.3, 0.4) is 0 Å². The second-order valence-corrected chi connectivity index (χ2v) is 5.44. The highest BCUT2D eigenvalue weighted by molar-refractivity contribution is 9.10. The average molecular weight is 363 g/mol. The minimum Gasteiger partial charge on any atom is -0.508 e. The van der Waals surface area contributed by atoms with Gasteiger partial charge in [0.2, 0.25) is 5.91 Å². The molecule has 0 saturated heterocycles. The zero-order chi connectivity index (χ0) is 15.9. The fraction of sp³-hybridized carbons (Fsp3) is 0.125. The zero-order valence-corrected chi connectivity index (χ0v) is 13.5. The molecule has 0 aliphatic carbocycles. The van der Waals surface area contributed by atoms with Crippen molar-refractivity contribution in [1.29, 1.82) is 0 Å². The normalized spacial score (nSPS) is 10.6. The lowest BCUT2D eigenvalue weighted by molar-refractivity contribution is -0.120. The summed E-state index contributed by atoms with van der Waals surface area (Å²) in [6.07, 6.45) is 1.71. The largest absolute Gasteiger partial charge is 0.508 e. The van der Waals surface area contributed by atoms with E-state index >= 15 is 0 Å². The molecule has 0 saturated carbocycles. The van der Waals surface area contributed by atoms with Gasteiger partial charge in [0.1, 0.15) is 11.5 Å². The summed E-state index contributed by atoms with van der Waals surface area (Å²) in [5.74, 6) is 0.597. The van der Waals surface area contributed by atoms with Crippen LogP contribution in [-0.2, 0) is 11.2 Å². The number of halogens is 1. The summed E-state index contributed by atoms with van der Waals surface area (Å²) in [6, 6.07) is 12.0. The molecule has 0 bridgehead atoms. The van der Waals surface area contributed by atoms with Gasteiger partial charge in [0.05, 0.1) is 19.7 Å². The fourth-order valence-electron chi connectivity index (χ4n) is 1.82. The van der Waals surface area contributed by atoms with Crippen LogP contribution in [0.4, 0.5) is 0 Å². The van der Waals surface area contributed by atoms with Crippen LogP contribution in [0.15, 0.2) is 52.0 Å². The maximum absolute atomic E-state index is 11.8. The van der Waals surface area contributed by atoms with Crippen molar-refractivity contribution in [3.63, 3.8) is 0 Å². The Morgan fingerprint density at radius 1 is 1.32 bits per heavy atom. The van der Waals surface area contributed by atoms with E-state index in [4.69, 9.17) is 4.74 Å². The van der Waals surface area contributed by atoms with Crippen molar-refractivity contribution in [1.82, 2.24) is 5.43 Å². The topological polar surface area (TPSA) is 70.9 Å². The van der Waals surface area contributed by atoms with Gasteiger partial charge in [0.15, 0.2) is 0 Å². The molecule has 2 N–H and O–H groups in total. The van der Waals surface area contributed by atoms with E-state index in [1.807, 2.05) is 18.2 Å². The summed E-state index contributed by atoms with van der Waals surface area (Å²) in [5.41, 5.74) is 4.01. The lowest BCUT2D eigenvalue weighted by Gasteiger charge is -2.05. The van der Waals surface area contributed by atoms with Gasteiger partial charge in [-0.25, -0.2) is 5.43 Å². The van der Waals surface area contributed by atoms with Crippen LogP contribution in [-0.4, -0.2) is 24.3 Å². The number of amides is 1. The highest BCUT2D eigenvalue weighted by atomic mass is 79.9. The van der Waals surface area contributed by atoms with Gasteiger partial charge < -0.3 is 9.84 Å². The number of hydrogen-bond donors (Lipinski definition) is 2. The first-order valence-electron chi connectivity index (χ1n) is 6.52. The first-order chi connectivity index (χ1) is 10.6. The van der Waals surface area contributed by atoms with Crippen LogP contribution >= 0.6 is 15.9 Å². The molecular weight excluding hydrogens is 348 g/mol. The van der Waals surface area contributed by atoms with E-state index in [1.54, 1.807) is 19.2 Å². The molecule has 6 heteroatoms. The van der Waals surface area contributed by atoms with Crippen molar-refractivity contribution in [3.8, 4) is 11.5 Å². The molecule has 0 spiro atoms. The molecular formula is C16H15BrN2O3. The zero-order valence-electron chi connectivity index (χ0n) is 11.9. The van der Waals surface area contributed by atoms with Gasteiger partial charge in [-0.1, -0.05) is 28.1 Å². The summed E-state index contributed by atoms with van der Waals surface area (Å²) in [6.45, 7) is 0. The number of benzene rings is 2. The fourth-order valence-corrected chi connectivity index (χ4v) is 2.20. The van der Waals surface area contributed by atoms with Gasteiger partial charge in [-0.3, -0.25) is 4.79 Å². The number of carbonyl (C=O) groups is 1. The Morgan fingerprint density at radius 2 is 2.05 bits per heavy atom. The van der Waals surface area contributed by atoms with Gasteiger partial charge in [0.25, 0.3) is 0 Å². The minimum atomic E-state index is -0.240. The SMILES string of the molecule is COc1ccc(Br)cc1/C=N\NC(=O)Cc1ccc(O)cc1. The molecule has 5 nitrogen and oxygen atoms in total. The number of nitrogens with zero attached hydrogens (tertiary/aromatic N) is 1. The molecule has 0 heterocycles. The predicted octanol–water partition coefficient (Wildman–Crippen LogP) is 2.86. The van der Waals surface area contributed by atoms with E-state index in [-0.39, 0.29) is 18.1 Å². The molecule has 0 radical (unpaired) electrons. The maximum atomic E-state index is 11.8. The lowest BCUT2D eigenvalue weighted by atomic mass is 10.1. The number of nitrogens with one attached hydrogen (secondary N) is 1. The van der Waals surface area contributed by atoms with Crippen LogP contribution in [0, 0.1) is 0 Å². The van der Waals surface area contributed by atoms with Crippen molar-refractivity contribution in [2.45, 2.75) is 6.42 Å². The third-order valence-corrected chi connectivity index (χ3v) is 3.38. The monoisotopic (exact) mass is 362 g/mol. The molecule has 2 rings (SSSR count). The second kappa shape index (κ2) is 7.61. The van der Waals surface area contributed by atoms with Crippen LogP contribution in [0.2, 0.25) is 0 Å². The Hall–Kier alpha value is -2.34. The van der Waals surface area contributed by atoms with Gasteiger partial charge in [0, 0.05) is 10.0 Å². The summed E-state index contributed by atoms with van der Waals surface area (Å²) in [5, 5.41) is 13.1. The maximum Gasteiger partial charge on any atom is 0.244 e. The standard InChI is InChI=1S/C16H15BrN2O3/c1-22-15-7-4-13(17)9-12(15)10-18-19-16(21)8-11-2-5-14(20)6-3-11/h2-7,9-10,20H,8H2,1H3,(H,19,21)/b18-10-. The van der Waals surface area contributed by atoms with Crippen LogP contribution in [0.25, 0.3) is 0 Å². The summed E-state index contributed by atoms with van der Waals surface area (Å²) in [7, 11) is 1.57. The molecule has 1 amide bonds. The molecule has 0 unspecified atom stereocenters. The molecule has 0 aromatic heterocycles. The number of rotatable bonds is 5. The number of aromatic hydroxyl groups is 1. The summed E-state index contributed by atoms with van der Waals surface area (Å²) < 4.78 is 6.11. The Bertz CT molecular complexity index is 684. The van der Waals surface area contributed by atoms with E-state index in [2.05, 4.69) is 26.5 Å². The van der Waals surface area contributed by atoms with Crippen LogP contribution < -0.4 is 10.2 Å². The van der Waals surface area contributed by atoms with Crippen LogP contribution in [0.1, 0.15) is 11.1 Å². The number of carbonyl (C=O) groups excluding carboxylic acids is 1. The van der Waals surface area contributed by atoms with Crippen molar-refractivity contribution < 1.29 is 14.6 Å². The summed E-state index contributed by atoms with van der Waals surface area (Å²) in [4.78, 5) is 11.8. The van der Waals surface area contributed by atoms with Crippen molar-refractivity contribution in [3.05, 3.63) is 58.1 Å². The minimum absolute atomic E-state index is 0.170. The highest BCUT2D eigenvalue weighted by Gasteiger charge is 2.03. The second-order valence-electron chi connectivity index (χ2n) is 4.52. The Labute approximate surface area is 136 Å². The number of hydrazone groups is 1. The van der Waals surface area contributed by atoms with Gasteiger partial charge in [-0.2, -0.15) is 5.10 Å². The van der Waals surface area contributed by atoms with Gasteiger partial charge in [-0.15, -0.1) is 0 Å². The van der Waals surface area contributed by atoms with Crippen LogP contribution in [0.5, 0.6) is 11.5 Å². The Morgan fingerprint density at radius 3 is 2.73 bits per heavy atom. The number of phenols is 1. The molecule has 0 aliphatic rings. The molecule has 22 heavy (non-hydrogen) atoms. The number of methoxy groups -OCH3 is 1. The molecule has 114 valence electrons. The van der Waals surface area contributed by atoms with Crippen molar-refractivity contribution >= 4 is 28.1 Å². The van der Waals surface area contributed by atoms with E-state index in [1.165, 1.54) is 18.3 Å². The van der Waals surface area contributed by atoms with E-state index in [9.17, 15) is 9.90 Å². The first kappa shape index (κ1) is 16.0. The molecule has 0 atom stereocenters. The van der Waals surface area contributed by atoms with Crippen molar-refractivity contribution in [2.75, 3.05) is 7.11 Å². The third-order valence-electron chi connectivity index (χ3n) is 2.89. The third kappa shape index (κ3) is 4.60. The lowest BCUT2D eigenvalue weighted by Crippen LogP contribution is -2.19. The Kier molecular flexibility index (Phi) is 5.55. The highest BCUT2D eigenvalue weighted by Crippen LogP contribution is 2.21. The number of phenolic OH excluding ortho intramolecular Hbond substituents is 1. The average Bonchev–Trinajstić information content (AvgIpc) is 2.50.